The highest BCUT2D eigenvalue weighted by Crippen LogP contribution is 2.35. The van der Waals surface area contributed by atoms with Gasteiger partial charge in [0.25, 0.3) is 11.2 Å². The van der Waals surface area contributed by atoms with Gasteiger partial charge in [0, 0.05) is 23.6 Å². The third-order valence-electron chi connectivity index (χ3n) is 4.87. The average Bonchev–Trinajstić information content (AvgIpc) is 3.31. The number of carbonyl (C=O) groups is 1. The van der Waals surface area contributed by atoms with Gasteiger partial charge in [-0.3, -0.25) is 24.3 Å². The van der Waals surface area contributed by atoms with Crippen LogP contribution >= 0.6 is 34.7 Å². The van der Waals surface area contributed by atoms with Crippen molar-refractivity contribution in [3.8, 4) is 0 Å². The number of nitro benzene ring substituents is 1. The molecule has 0 aliphatic heterocycles. The average molecular weight is 477 g/mol. The van der Waals surface area contributed by atoms with Gasteiger partial charge in [-0.25, -0.2) is 4.98 Å². The summed E-state index contributed by atoms with van der Waals surface area (Å²) in [6, 6.07) is 3.82. The number of rotatable bonds is 7. The molecule has 2 heterocycles. The number of amides is 1. The van der Waals surface area contributed by atoms with E-state index in [0.717, 1.165) is 36.6 Å². The summed E-state index contributed by atoms with van der Waals surface area (Å²) in [5, 5.41) is 14.8. The number of hydrogen-bond acceptors (Lipinski definition) is 7. The normalized spacial score (nSPS) is 12.7. The molecule has 0 saturated heterocycles. The molecular formula is C20H17ClN4O4S2. The van der Waals surface area contributed by atoms with Crippen molar-refractivity contribution < 1.29 is 9.72 Å². The fourth-order valence-electron chi connectivity index (χ4n) is 3.50. The number of non-ortho nitro benzene ring substituents is 1. The van der Waals surface area contributed by atoms with E-state index < -0.39 is 10.8 Å². The van der Waals surface area contributed by atoms with E-state index in [-0.39, 0.29) is 34.3 Å². The summed E-state index contributed by atoms with van der Waals surface area (Å²) in [7, 11) is 0. The van der Waals surface area contributed by atoms with Gasteiger partial charge in [-0.05, 0) is 30.9 Å². The molecule has 0 saturated carbocycles. The van der Waals surface area contributed by atoms with E-state index >= 15 is 0 Å². The Morgan fingerprint density at radius 1 is 1.45 bits per heavy atom. The first kappa shape index (κ1) is 21.5. The zero-order valence-electron chi connectivity index (χ0n) is 16.2. The Hall–Kier alpha value is -2.69. The zero-order valence-corrected chi connectivity index (χ0v) is 18.6. The number of aryl methyl sites for hydroxylation is 2. The molecule has 0 bridgehead atoms. The van der Waals surface area contributed by atoms with Crippen molar-refractivity contribution >= 4 is 62.2 Å². The number of aromatic nitrogens is 2. The van der Waals surface area contributed by atoms with E-state index in [0.29, 0.717) is 15.4 Å². The molecule has 0 fully saturated rings. The van der Waals surface area contributed by atoms with Crippen LogP contribution in [0.5, 0.6) is 0 Å². The minimum Gasteiger partial charge on any atom is -0.324 e. The number of carbonyl (C=O) groups excluding carboxylic acids is 1. The van der Waals surface area contributed by atoms with Crippen LogP contribution in [-0.4, -0.2) is 26.1 Å². The number of allylic oxidation sites excluding steroid dienone is 1. The third kappa shape index (κ3) is 4.23. The molecular weight excluding hydrogens is 460 g/mol. The highest BCUT2D eigenvalue weighted by molar-refractivity contribution is 7.99. The van der Waals surface area contributed by atoms with Crippen molar-refractivity contribution in [2.45, 2.75) is 31.0 Å². The number of halogens is 1. The van der Waals surface area contributed by atoms with Crippen molar-refractivity contribution in [1.82, 2.24) is 9.55 Å². The largest absolute Gasteiger partial charge is 0.324 e. The second kappa shape index (κ2) is 8.81. The van der Waals surface area contributed by atoms with E-state index in [1.807, 2.05) is 0 Å². The van der Waals surface area contributed by atoms with Gasteiger partial charge in [-0.15, -0.1) is 17.9 Å². The number of benzene rings is 1. The lowest BCUT2D eigenvalue weighted by atomic mass is 10.2. The van der Waals surface area contributed by atoms with Gasteiger partial charge in [0.1, 0.15) is 4.83 Å². The van der Waals surface area contributed by atoms with Crippen LogP contribution in [0.25, 0.3) is 10.2 Å². The van der Waals surface area contributed by atoms with Crippen LogP contribution in [0.1, 0.15) is 16.9 Å². The van der Waals surface area contributed by atoms with Gasteiger partial charge in [-0.1, -0.05) is 29.4 Å². The lowest BCUT2D eigenvalue weighted by Crippen LogP contribution is -2.24. The van der Waals surface area contributed by atoms with Crippen LogP contribution < -0.4 is 10.9 Å². The van der Waals surface area contributed by atoms with Crippen LogP contribution in [0.2, 0.25) is 5.02 Å². The molecule has 1 aliphatic carbocycles. The number of nitro groups is 1. The molecule has 160 valence electrons. The second-order valence-electron chi connectivity index (χ2n) is 6.89. The Labute approximate surface area is 190 Å². The number of fused-ring (bicyclic) bond motifs is 3. The first-order chi connectivity index (χ1) is 14.9. The Bertz CT molecular complexity index is 1280. The monoisotopic (exact) mass is 476 g/mol. The van der Waals surface area contributed by atoms with Gasteiger partial charge in [0.05, 0.1) is 26.8 Å². The second-order valence-corrected chi connectivity index (χ2v) is 9.33. The standard InChI is InChI=1S/C20H17ClN4O4S2/c1-2-8-24-19(27)17-12-4-3-5-15(12)31-18(17)23-20(24)30-10-16(26)22-14-9-11(25(28)29)6-7-13(14)21/h2,6-7,9H,1,3-5,8,10H2,(H,22,26). The molecule has 4 rings (SSSR count). The molecule has 1 aliphatic rings. The van der Waals surface area contributed by atoms with Gasteiger partial charge < -0.3 is 5.32 Å². The Balaban J connectivity index is 1.57. The predicted octanol–water partition coefficient (Wildman–Crippen LogP) is 4.43. The highest BCUT2D eigenvalue weighted by atomic mass is 35.5. The molecule has 1 N–H and O–H groups in total. The molecule has 0 atom stereocenters. The van der Waals surface area contributed by atoms with E-state index in [1.54, 1.807) is 6.08 Å². The summed E-state index contributed by atoms with van der Waals surface area (Å²) in [5.41, 5.74) is 0.965. The van der Waals surface area contributed by atoms with E-state index in [1.165, 1.54) is 39.0 Å². The maximum Gasteiger partial charge on any atom is 0.271 e. The van der Waals surface area contributed by atoms with Crippen LogP contribution in [0, 0.1) is 10.1 Å². The predicted molar refractivity (Wildman–Crippen MR) is 124 cm³/mol. The lowest BCUT2D eigenvalue weighted by Gasteiger charge is -2.11. The molecule has 1 aromatic carbocycles. The van der Waals surface area contributed by atoms with Gasteiger partial charge in [0.15, 0.2) is 5.16 Å². The van der Waals surface area contributed by atoms with Crippen LogP contribution in [0.4, 0.5) is 11.4 Å². The number of hydrogen-bond donors (Lipinski definition) is 1. The summed E-state index contributed by atoms with van der Waals surface area (Å²) in [5.74, 6) is -0.459. The topological polar surface area (TPSA) is 107 Å². The molecule has 2 aromatic heterocycles. The maximum atomic E-state index is 13.1. The van der Waals surface area contributed by atoms with Crippen molar-refractivity contribution in [3.05, 3.63) is 66.8 Å². The van der Waals surface area contributed by atoms with Crippen molar-refractivity contribution in [2.75, 3.05) is 11.1 Å². The number of thioether (sulfide) groups is 1. The molecule has 0 radical (unpaired) electrons. The molecule has 11 heteroatoms. The first-order valence-electron chi connectivity index (χ1n) is 9.41. The maximum absolute atomic E-state index is 13.1. The van der Waals surface area contributed by atoms with E-state index in [2.05, 4.69) is 16.9 Å². The summed E-state index contributed by atoms with van der Waals surface area (Å²) in [4.78, 5) is 42.5. The van der Waals surface area contributed by atoms with E-state index in [9.17, 15) is 19.7 Å². The molecule has 8 nitrogen and oxygen atoms in total. The minimum absolute atomic E-state index is 0.0425. The minimum atomic E-state index is -0.563. The fourth-order valence-corrected chi connectivity index (χ4v) is 5.77. The SMILES string of the molecule is C=CCn1c(SCC(=O)Nc2cc([N+](=O)[O-])ccc2Cl)nc2sc3c(c2c1=O)CCC3. The van der Waals surface area contributed by atoms with Crippen LogP contribution in [-0.2, 0) is 24.2 Å². The van der Waals surface area contributed by atoms with Crippen molar-refractivity contribution in [2.24, 2.45) is 0 Å². The molecule has 3 aromatic rings. The Morgan fingerprint density at radius 3 is 3.00 bits per heavy atom. The van der Waals surface area contributed by atoms with Crippen molar-refractivity contribution in [1.29, 1.82) is 0 Å². The van der Waals surface area contributed by atoms with Gasteiger partial charge in [-0.2, -0.15) is 0 Å². The molecule has 0 spiro atoms. The van der Waals surface area contributed by atoms with E-state index in [4.69, 9.17) is 11.6 Å². The molecule has 1 amide bonds. The molecule has 0 unspecified atom stereocenters. The third-order valence-corrected chi connectivity index (χ3v) is 7.36. The number of anilines is 1. The van der Waals surface area contributed by atoms with Crippen LogP contribution in [0.15, 0.2) is 40.8 Å². The summed E-state index contributed by atoms with van der Waals surface area (Å²) in [6.45, 7) is 4.00. The number of thiophene rings is 1. The first-order valence-corrected chi connectivity index (χ1v) is 11.6. The van der Waals surface area contributed by atoms with Gasteiger partial charge >= 0.3 is 0 Å². The Kier molecular flexibility index (Phi) is 6.12. The number of nitrogens with zero attached hydrogens (tertiary/aromatic N) is 3. The lowest BCUT2D eigenvalue weighted by molar-refractivity contribution is -0.384. The quantitative estimate of drug-likeness (QED) is 0.178. The molecule has 31 heavy (non-hydrogen) atoms. The zero-order chi connectivity index (χ0) is 22.1. The van der Waals surface area contributed by atoms with Crippen LogP contribution in [0.3, 0.4) is 0 Å². The summed E-state index contributed by atoms with van der Waals surface area (Å²) >= 11 is 8.70. The van der Waals surface area contributed by atoms with Gasteiger partial charge in [0.2, 0.25) is 5.91 Å². The number of nitrogens with one attached hydrogen (secondary N) is 1. The summed E-state index contributed by atoms with van der Waals surface area (Å²) in [6.07, 6.45) is 4.52. The Morgan fingerprint density at radius 2 is 2.26 bits per heavy atom. The fraction of sp³-hybridized carbons (Fsp3) is 0.250. The van der Waals surface area contributed by atoms with Crippen molar-refractivity contribution in [3.63, 3.8) is 0 Å². The summed E-state index contributed by atoms with van der Waals surface area (Å²) < 4.78 is 1.53. The highest BCUT2D eigenvalue weighted by Gasteiger charge is 2.23. The smallest absolute Gasteiger partial charge is 0.271 e.